The molecule has 2 amide bonds. The lowest BCUT2D eigenvalue weighted by Gasteiger charge is -2.43. The van der Waals surface area contributed by atoms with E-state index < -0.39 is 102 Å². The molecule has 18 nitrogen and oxygen atoms in total. The molecule has 2 unspecified atom stereocenters. The highest BCUT2D eigenvalue weighted by molar-refractivity contribution is 6.31. The van der Waals surface area contributed by atoms with Gasteiger partial charge in [0.2, 0.25) is 11.7 Å². The second-order valence-corrected chi connectivity index (χ2v) is 18.8. The first kappa shape index (κ1) is 50.1. The van der Waals surface area contributed by atoms with Gasteiger partial charge in [-0.15, -0.1) is 11.6 Å². The van der Waals surface area contributed by atoms with E-state index in [2.05, 4.69) is 10.6 Å². The van der Waals surface area contributed by atoms with Crippen LogP contribution in [0.4, 0.5) is 11.4 Å². The molecule has 19 heteroatoms. The molecule has 2 aliphatic carbocycles. The monoisotopic (exact) mass is 1010 g/mol. The molecule has 0 radical (unpaired) electrons. The molecule has 72 heavy (non-hydrogen) atoms. The lowest BCUT2D eigenvalue weighted by Crippen LogP contribution is -2.54. The highest BCUT2D eigenvalue weighted by atomic mass is 35.5. The zero-order valence-corrected chi connectivity index (χ0v) is 39.2. The van der Waals surface area contributed by atoms with E-state index in [9.17, 15) is 54.6 Å². The van der Waals surface area contributed by atoms with Crippen molar-refractivity contribution in [2.75, 3.05) is 36.4 Å². The van der Waals surface area contributed by atoms with Crippen LogP contribution in [0.2, 0.25) is 0 Å². The topological polar surface area (TPSA) is 275 Å². The summed E-state index contributed by atoms with van der Waals surface area (Å²) in [4.78, 5) is 68.5. The van der Waals surface area contributed by atoms with Crippen LogP contribution in [0.15, 0.2) is 71.1 Å². The van der Waals surface area contributed by atoms with Gasteiger partial charge in [0.25, 0.3) is 5.91 Å². The van der Waals surface area contributed by atoms with Crippen LogP contribution >= 0.6 is 11.6 Å². The maximum atomic E-state index is 14.1. The second kappa shape index (κ2) is 18.9. The van der Waals surface area contributed by atoms with Gasteiger partial charge in [-0.25, -0.2) is 0 Å². The maximum absolute atomic E-state index is 14.1. The number of benzene rings is 5. The Balaban J connectivity index is 0.00000640. The molecule has 1 fully saturated rings. The van der Waals surface area contributed by atoms with E-state index in [4.69, 9.17) is 30.2 Å². The summed E-state index contributed by atoms with van der Waals surface area (Å²) < 4.78 is 23.8. The number of aromatic hydroxyl groups is 3. The molecule has 10 rings (SSSR count). The number of phenols is 3. The minimum atomic E-state index is -2.35. The van der Waals surface area contributed by atoms with E-state index in [1.165, 1.54) is 43.2 Å². The Bertz CT molecular complexity index is 3260. The molecular formula is C53H52ClN3O15. The van der Waals surface area contributed by atoms with Crippen LogP contribution in [-0.2, 0) is 32.0 Å². The number of alkyl halides is 1. The van der Waals surface area contributed by atoms with Gasteiger partial charge in [0.05, 0.1) is 47.8 Å². The number of halogens is 1. The quantitative estimate of drug-likeness (QED) is 0.0544. The minimum Gasteiger partial charge on any atom is -0.507 e. The van der Waals surface area contributed by atoms with E-state index in [0.29, 0.717) is 33.1 Å². The molecule has 1 aromatic heterocycles. The third-order valence-electron chi connectivity index (χ3n) is 14.1. The summed E-state index contributed by atoms with van der Waals surface area (Å²) in [6, 6.07) is 17.2. The van der Waals surface area contributed by atoms with E-state index in [0.717, 1.165) is 11.1 Å². The smallest absolute Gasteiger partial charge is 0.294 e. The predicted octanol–water partition coefficient (Wildman–Crippen LogP) is 6.01. The number of Topliss-reactive ketones (excluding diaryl/α,β-unsaturated/α-hetero) is 1. The Morgan fingerprint density at radius 2 is 1.71 bits per heavy atom. The summed E-state index contributed by atoms with van der Waals surface area (Å²) in [6.45, 7) is 2.30. The number of hydrogen-bond acceptors (Lipinski definition) is 16. The third kappa shape index (κ3) is 8.22. The number of nitrogens with one attached hydrogen (secondary N) is 2. The fraction of sp³-hybridized carbons (Fsp3) is 0.340. The summed E-state index contributed by atoms with van der Waals surface area (Å²) >= 11 is 6.56. The van der Waals surface area contributed by atoms with Crippen molar-refractivity contribution in [2.24, 2.45) is 0 Å². The normalized spacial score (nSPS) is 23.2. The van der Waals surface area contributed by atoms with Crippen molar-refractivity contribution in [3.8, 4) is 23.0 Å². The lowest BCUT2D eigenvalue weighted by atomic mass is 9.72. The summed E-state index contributed by atoms with van der Waals surface area (Å²) in [5.41, 5.74) is -1.08. The van der Waals surface area contributed by atoms with Gasteiger partial charge in [-0.3, -0.25) is 24.0 Å². The van der Waals surface area contributed by atoms with Crippen LogP contribution in [-0.4, -0.2) is 116 Å². The first-order valence-electron chi connectivity index (χ1n) is 22.9. The van der Waals surface area contributed by atoms with Gasteiger partial charge in [0, 0.05) is 96.3 Å². The van der Waals surface area contributed by atoms with Gasteiger partial charge in [-0.1, -0.05) is 31.7 Å². The van der Waals surface area contributed by atoms with Crippen LogP contribution in [0.25, 0.3) is 21.7 Å². The maximum Gasteiger partial charge on any atom is 0.294 e. The predicted molar refractivity (Wildman–Crippen MR) is 262 cm³/mol. The molecule has 0 bridgehead atoms. The number of rotatable bonds is 11. The minimum absolute atomic E-state index is 0. The molecule has 8 N–H and O–H groups in total. The van der Waals surface area contributed by atoms with Crippen molar-refractivity contribution < 1.29 is 73.2 Å². The van der Waals surface area contributed by atoms with Crippen LogP contribution in [0, 0.1) is 0 Å². The fourth-order valence-electron chi connectivity index (χ4n) is 10.7. The Morgan fingerprint density at radius 1 is 0.944 bits per heavy atom. The standard InChI is InChI=1S/C52H48ClN3O15.CH4/c1-22-46(61)32(14-40(69-22)71-38-17-52(67,39(60)21-57)16-31-43(38)50(65)45-44(48(31)63)47(62)29-5-4-6-36(68-3)42(29)49(45)64)54-19-24-7-9-28-30(11-24)41-26(18-53)20-56(33(41)15-34(28)59)51(66)37-13-25-12-27(55-23(2)58)8-10-35(25)70-37;/h4-13,15,22,26,32,38,40,46,54,57,59,61,63,65,67H,14,16-21H2,1-3H3,(H,55,58);1H4/t22-,26?,32-,38-,40?,46+,52-;/m0./s1. The zero-order chi connectivity index (χ0) is 50.4. The Morgan fingerprint density at radius 3 is 2.43 bits per heavy atom. The fourth-order valence-corrected chi connectivity index (χ4v) is 10.9. The highest BCUT2D eigenvalue weighted by Crippen LogP contribution is 2.53. The van der Waals surface area contributed by atoms with Crippen LogP contribution in [0.1, 0.15) is 111 Å². The molecule has 0 saturated carbocycles. The molecule has 0 spiro atoms. The Labute approximate surface area is 416 Å². The van der Waals surface area contributed by atoms with E-state index in [1.54, 1.807) is 43.3 Å². The average molecular weight is 1010 g/mol. The summed E-state index contributed by atoms with van der Waals surface area (Å²) in [7, 11) is 1.31. The number of aliphatic hydroxyl groups excluding tert-OH is 2. The molecule has 376 valence electrons. The summed E-state index contributed by atoms with van der Waals surface area (Å²) in [5.74, 6) is -4.92. The van der Waals surface area contributed by atoms with Crippen molar-refractivity contribution in [2.45, 2.75) is 89.2 Å². The molecule has 1 saturated heterocycles. The van der Waals surface area contributed by atoms with Gasteiger partial charge in [-0.05, 0) is 59.8 Å². The SMILES string of the molecule is C.COc1cccc2c1C(=O)c1c(O)c3c(c(O)c1C2=O)C[C@@](O)(C(=O)CO)C[C@@H]3OC1C[C@H](NCc2ccc3c(O)cc4c(c3c2)C(CCl)CN4C(=O)c2cc3cc(NC(C)=O)ccc3o2)[C@H](O)[C@H](C)O1. The van der Waals surface area contributed by atoms with Crippen LogP contribution < -0.4 is 20.3 Å². The number of anilines is 2. The molecule has 4 aliphatic rings. The second-order valence-electron chi connectivity index (χ2n) is 18.5. The van der Waals surface area contributed by atoms with Crippen molar-refractivity contribution >= 4 is 73.9 Å². The van der Waals surface area contributed by atoms with Crippen molar-refractivity contribution in [1.82, 2.24) is 5.32 Å². The van der Waals surface area contributed by atoms with Gasteiger partial charge < -0.3 is 64.8 Å². The number of amides is 2. The third-order valence-corrected chi connectivity index (χ3v) is 14.5. The summed E-state index contributed by atoms with van der Waals surface area (Å²) in [6.07, 6.45) is -5.83. The molecule has 3 heterocycles. The Kier molecular flexibility index (Phi) is 13.2. The molecule has 2 aliphatic heterocycles. The van der Waals surface area contributed by atoms with E-state index in [-0.39, 0.29) is 84.2 Å². The molecular weight excluding hydrogens is 954 g/mol. The molecule has 6 aromatic rings. The van der Waals surface area contributed by atoms with Crippen molar-refractivity contribution in [3.05, 3.63) is 117 Å². The van der Waals surface area contributed by atoms with Gasteiger partial charge >= 0.3 is 0 Å². The van der Waals surface area contributed by atoms with Gasteiger partial charge in [-0.2, -0.15) is 0 Å². The number of carbonyl (C=O) groups is 5. The lowest BCUT2D eigenvalue weighted by molar-refractivity contribution is -0.250. The number of methoxy groups -OCH3 is 1. The number of ketones is 3. The van der Waals surface area contributed by atoms with E-state index in [1.807, 2.05) is 6.07 Å². The number of aliphatic hydroxyl groups is 3. The Hall–Kier alpha value is -6.90. The first-order chi connectivity index (χ1) is 33.9. The largest absolute Gasteiger partial charge is 0.507 e. The summed E-state index contributed by atoms with van der Waals surface area (Å²) in [5, 5.41) is 76.0. The average Bonchev–Trinajstić information content (AvgIpc) is 3.95. The highest BCUT2D eigenvalue weighted by Gasteiger charge is 2.50. The molecule has 7 atom stereocenters. The number of hydrogen-bond donors (Lipinski definition) is 8. The number of furan rings is 1. The molecule has 5 aromatic carbocycles. The van der Waals surface area contributed by atoms with Crippen LogP contribution in [0.5, 0.6) is 23.0 Å². The zero-order valence-electron chi connectivity index (χ0n) is 38.4. The number of nitrogens with zero attached hydrogens (tertiary/aromatic N) is 1. The van der Waals surface area contributed by atoms with Gasteiger partial charge in [0.1, 0.15) is 40.8 Å². The van der Waals surface area contributed by atoms with Crippen LogP contribution in [0.3, 0.4) is 0 Å². The number of carbonyl (C=O) groups excluding carboxylic acids is 5. The number of ether oxygens (including phenoxy) is 3. The number of fused-ring (bicyclic) bond motifs is 7. The first-order valence-corrected chi connectivity index (χ1v) is 23.4. The van der Waals surface area contributed by atoms with Crippen molar-refractivity contribution in [3.63, 3.8) is 0 Å². The van der Waals surface area contributed by atoms with E-state index >= 15 is 0 Å². The van der Waals surface area contributed by atoms with Gasteiger partial charge in [0.15, 0.2) is 23.6 Å². The number of phenolic OH excluding ortho intramolecular Hbond substituents is 3. The van der Waals surface area contributed by atoms with Crippen molar-refractivity contribution in [1.29, 1.82) is 0 Å².